The molecule has 2 rings (SSSR count). The van der Waals surface area contributed by atoms with Crippen LogP contribution in [-0.4, -0.2) is 10.9 Å². The summed E-state index contributed by atoms with van der Waals surface area (Å²) in [7, 11) is 0. The van der Waals surface area contributed by atoms with Gasteiger partial charge in [0.15, 0.2) is 11.6 Å². The molecule has 0 bridgehead atoms. The van der Waals surface area contributed by atoms with Crippen LogP contribution >= 0.6 is 15.9 Å². The lowest BCUT2D eigenvalue weighted by Gasteiger charge is -2.07. The van der Waals surface area contributed by atoms with Crippen LogP contribution in [0.25, 0.3) is 0 Å². The quantitative estimate of drug-likeness (QED) is 0.923. The molecule has 0 aliphatic carbocycles. The monoisotopic (exact) mass is 312 g/mol. The number of hydrogen-bond donors (Lipinski definition) is 1. The molecule has 3 nitrogen and oxygen atoms in total. The summed E-state index contributed by atoms with van der Waals surface area (Å²) in [4.78, 5) is 15.5. The van der Waals surface area contributed by atoms with Gasteiger partial charge in [-0.05, 0) is 24.3 Å². The van der Waals surface area contributed by atoms with Crippen LogP contribution in [0.1, 0.15) is 10.4 Å². The zero-order chi connectivity index (χ0) is 13.1. The Morgan fingerprint density at radius 1 is 1.28 bits per heavy atom. The molecule has 1 amide bonds. The van der Waals surface area contributed by atoms with Gasteiger partial charge >= 0.3 is 0 Å². The largest absolute Gasteiger partial charge is 0.317 e. The zero-order valence-corrected chi connectivity index (χ0v) is 10.5. The van der Waals surface area contributed by atoms with Crippen LogP contribution in [0.3, 0.4) is 0 Å². The number of halogens is 3. The molecule has 0 radical (unpaired) electrons. The van der Waals surface area contributed by atoms with Gasteiger partial charge in [0.05, 0.1) is 5.56 Å². The van der Waals surface area contributed by atoms with Crippen LogP contribution in [0, 0.1) is 11.6 Å². The van der Waals surface area contributed by atoms with Crippen molar-refractivity contribution in [3.05, 3.63) is 58.3 Å². The van der Waals surface area contributed by atoms with Crippen LogP contribution in [0.15, 0.2) is 41.1 Å². The van der Waals surface area contributed by atoms with Crippen molar-refractivity contribution in [3.63, 3.8) is 0 Å². The molecule has 0 unspecified atom stereocenters. The molecule has 0 fully saturated rings. The maximum atomic E-state index is 13.5. The number of carbonyl (C=O) groups is 1. The van der Waals surface area contributed by atoms with E-state index in [1.54, 1.807) is 6.07 Å². The van der Waals surface area contributed by atoms with Crippen molar-refractivity contribution in [1.82, 2.24) is 4.98 Å². The minimum Gasteiger partial charge on any atom is -0.317 e. The average Bonchev–Trinajstić information content (AvgIpc) is 2.34. The number of rotatable bonds is 2. The highest BCUT2D eigenvalue weighted by molar-refractivity contribution is 9.10. The Labute approximate surface area is 110 Å². The van der Waals surface area contributed by atoms with Gasteiger partial charge in [0.25, 0.3) is 5.91 Å². The molecule has 1 aromatic heterocycles. The Kier molecular flexibility index (Phi) is 3.66. The van der Waals surface area contributed by atoms with Crippen molar-refractivity contribution < 1.29 is 13.6 Å². The van der Waals surface area contributed by atoms with Gasteiger partial charge in [0, 0.05) is 16.9 Å². The first-order valence-electron chi connectivity index (χ1n) is 4.94. The Hall–Kier alpha value is -1.82. The van der Waals surface area contributed by atoms with Crippen molar-refractivity contribution in [2.45, 2.75) is 0 Å². The van der Waals surface area contributed by atoms with Gasteiger partial charge in [0.1, 0.15) is 5.69 Å². The smallest absolute Gasteiger partial charge is 0.257 e. The van der Waals surface area contributed by atoms with Crippen LogP contribution < -0.4 is 5.32 Å². The third-order valence-corrected chi connectivity index (χ3v) is 2.63. The molecule has 0 saturated heterocycles. The number of aromatic nitrogens is 1. The van der Waals surface area contributed by atoms with E-state index in [0.29, 0.717) is 0 Å². The number of benzene rings is 1. The van der Waals surface area contributed by atoms with Gasteiger partial charge in [-0.2, -0.15) is 0 Å². The Bertz CT molecular complexity index is 567. The highest BCUT2D eigenvalue weighted by atomic mass is 79.9. The third-order valence-electron chi connectivity index (χ3n) is 2.17. The van der Waals surface area contributed by atoms with Crippen molar-refractivity contribution in [2.24, 2.45) is 0 Å². The van der Waals surface area contributed by atoms with E-state index in [4.69, 9.17) is 0 Å². The summed E-state index contributed by atoms with van der Waals surface area (Å²) in [5, 5.41) is 2.17. The summed E-state index contributed by atoms with van der Waals surface area (Å²) in [5.74, 6) is -2.32. The fourth-order valence-electron chi connectivity index (χ4n) is 1.34. The molecular formula is C12H7BrF2N2O. The molecule has 0 aliphatic rings. The first kappa shape index (κ1) is 12.6. The van der Waals surface area contributed by atoms with Gasteiger partial charge in [-0.25, -0.2) is 8.78 Å². The van der Waals surface area contributed by atoms with E-state index < -0.39 is 23.2 Å². The van der Waals surface area contributed by atoms with Gasteiger partial charge in [-0.15, -0.1) is 0 Å². The van der Waals surface area contributed by atoms with Gasteiger partial charge < -0.3 is 5.32 Å². The molecule has 1 heterocycles. The van der Waals surface area contributed by atoms with Crippen molar-refractivity contribution >= 4 is 27.5 Å². The van der Waals surface area contributed by atoms with E-state index in [1.807, 2.05) is 0 Å². The summed E-state index contributed by atoms with van der Waals surface area (Å²) >= 11 is 2.96. The van der Waals surface area contributed by atoms with Crippen LogP contribution in [0.5, 0.6) is 0 Å². The van der Waals surface area contributed by atoms with Gasteiger partial charge in [-0.3, -0.25) is 9.78 Å². The van der Waals surface area contributed by atoms with Crippen molar-refractivity contribution in [3.8, 4) is 0 Å². The van der Waals surface area contributed by atoms with E-state index in [2.05, 4.69) is 26.2 Å². The summed E-state index contributed by atoms with van der Waals surface area (Å²) in [6.07, 6.45) is 2.81. The second kappa shape index (κ2) is 5.22. The molecule has 6 heteroatoms. The highest BCUT2D eigenvalue weighted by Crippen LogP contribution is 2.24. The summed E-state index contributed by atoms with van der Waals surface area (Å²) in [5.41, 5.74) is -0.258. The Balaban J connectivity index is 2.28. The maximum absolute atomic E-state index is 13.5. The standard InChI is InChI=1S/C12H7BrF2N2O/c13-8-4-9(14)11(10(15)5-8)17-12(18)7-2-1-3-16-6-7/h1-6H,(H,17,18). The van der Waals surface area contributed by atoms with Crippen LogP contribution in [0.2, 0.25) is 0 Å². The first-order chi connectivity index (χ1) is 8.58. The second-order valence-corrected chi connectivity index (χ2v) is 4.36. The second-order valence-electron chi connectivity index (χ2n) is 3.44. The molecule has 92 valence electrons. The lowest BCUT2D eigenvalue weighted by molar-refractivity contribution is 0.102. The van der Waals surface area contributed by atoms with E-state index in [9.17, 15) is 13.6 Å². The predicted octanol–water partition coefficient (Wildman–Crippen LogP) is 3.37. The lowest BCUT2D eigenvalue weighted by Crippen LogP contribution is -2.14. The van der Waals surface area contributed by atoms with Crippen LogP contribution in [0.4, 0.5) is 14.5 Å². The lowest BCUT2D eigenvalue weighted by atomic mass is 10.2. The van der Waals surface area contributed by atoms with E-state index in [1.165, 1.54) is 18.5 Å². The van der Waals surface area contributed by atoms with Crippen molar-refractivity contribution in [1.29, 1.82) is 0 Å². The minimum absolute atomic E-state index is 0.221. The fourth-order valence-corrected chi connectivity index (χ4v) is 1.75. The molecule has 0 aliphatic heterocycles. The van der Waals surface area contributed by atoms with E-state index >= 15 is 0 Å². The zero-order valence-electron chi connectivity index (χ0n) is 8.95. The topological polar surface area (TPSA) is 42.0 Å². The molecule has 1 aromatic carbocycles. The van der Waals surface area contributed by atoms with E-state index in [-0.39, 0.29) is 10.0 Å². The van der Waals surface area contributed by atoms with Gasteiger partial charge in [-0.1, -0.05) is 15.9 Å². The Morgan fingerprint density at radius 2 is 1.94 bits per heavy atom. The normalized spacial score (nSPS) is 10.2. The van der Waals surface area contributed by atoms with Crippen molar-refractivity contribution in [2.75, 3.05) is 5.32 Å². The molecule has 2 aromatic rings. The number of hydrogen-bond acceptors (Lipinski definition) is 2. The van der Waals surface area contributed by atoms with Crippen LogP contribution in [-0.2, 0) is 0 Å². The van der Waals surface area contributed by atoms with E-state index in [0.717, 1.165) is 12.1 Å². The summed E-state index contributed by atoms with van der Waals surface area (Å²) in [6, 6.07) is 5.20. The summed E-state index contributed by atoms with van der Waals surface area (Å²) in [6.45, 7) is 0. The average molecular weight is 313 g/mol. The fraction of sp³-hybridized carbons (Fsp3) is 0. The molecule has 0 spiro atoms. The van der Waals surface area contributed by atoms with Gasteiger partial charge in [0.2, 0.25) is 0 Å². The molecule has 1 N–H and O–H groups in total. The number of amides is 1. The predicted molar refractivity (Wildman–Crippen MR) is 66.2 cm³/mol. The number of nitrogens with one attached hydrogen (secondary N) is 1. The third kappa shape index (κ3) is 2.70. The number of carbonyl (C=O) groups excluding carboxylic acids is 1. The molecule has 18 heavy (non-hydrogen) atoms. The number of nitrogens with zero attached hydrogens (tertiary/aromatic N) is 1. The minimum atomic E-state index is -0.848. The first-order valence-corrected chi connectivity index (χ1v) is 5.73. The molecule has 0 atom stereocenters. The number of anilines is 1. The number of pyridine rings is 1. The SMILES string of the molecule is O=C(Nc1c(F)cc(Br)cc1F)c1cccnc1. The summed E-state index contributed by atoms with van der Waals surface area (Å²) < 4.78 is 27.2. The Morgan fingerprint density at radius 3 is 2.50 bits per heavy atom. The maximum Gasteiger partial charge on any atom is 0.257 e. The highest BCUT2D eigenvalue weighted by Gasteiger charge is 2.14. The molecule has 0 saturated carbocycles. The molecular weight excluding hydrogens is 306 g/mol.